The molecule has 0 spiro atoms. The Morgan fingerprint density at radius 3 is 2.45 bits per heavy atom. The average molecular weight is 276 g/mol. The number of rotatable bonds is 6. The van der Waals surface area contributed by atoms with Crippen molar-refractivity contribution in [1.29, 1.82) is 0 Å². The predicted octanol–water partition coefficient (Wildman–Crippen LogP) is 2.99. The van der Waals surface area contributed by atoms with Crippen LogP contribution in [0, 0.1) is 5.92 Å². The van der Waals surface area contributed by atoms with E-state index >= 15 is 0 Å². The van der Waals surface area contributed by atoms with E-state index in [1.807, 2.05) is 12.4 Å². The fraction of sp³-hybridized carbons (Fsp3) is 0.750. The second-order valence-corrected chi connectivity index (χ2v) is 6.09. The first-order chi connectivity index (χ1) is 9.70. The summed E-state index contributed by atoms with van der Waals surface area (Å²) in [6.07, 6.45) is 10.2. The zero-order valence-electron chi connectivity index (χ0n) is 13.1. The molecule has 1 aliphatic carbocycles. The van der Waals surface area contributed by atoms with Crippen LogP contribution in [-0.2, 0) is 6.54 Å². The molecule has 4 nitrogen and oxygen atoms in total. The van der Waals surface area contributed by atoms with Crippen LogP contribution in [0.25, 0.3) is 0 Å². The molecule has 0 aromatic carbocycles. The molecular weight excluding hydrogens is 248 g/mol. The molecule has 0 radical (unpaired) electrons. The van der Waals surface area contributed by atoms with Crippen LogP contribution in [0.2, 0.25) is 0 Å². The first kappa shape index (κ1) is 15.2. The highest BCUT2D eigenvalue weighted by atomic mass is 15.2. The van der Waals surface area contributed by atoms with E-state index in [0.717, 1.165) is 36.9 Å². The van der Waals surface area contributed by atoms with Crippen molar-refractivity contribution < 1.29 is 0 Å². The highest BCUT2D eigenvalue weighted by Gasteiger charge is 2.23. The molecule has 0 atom stereocenters. The van der Waals surface area contributed by atoms with E-state index in [9.17, 15) is 0 Å². The first-order valence-electron chi connectivity index (χ1n) is 7.95. The smallest absolute Gasteiger partial charge is 0.225 e. The van der Waals surface area contributed by atoms with Gasteiger partial charge < -0.3 is 10.2 Å². The van der Waals surface area contributed by atoms with E-state index in [1.54, 1.807) is 0 Å². The number of nitrogens with one attached hydrogen (secondary N) is 1. The third kappa shape index (κ3) is 4.17. The van der Waals surface area contributed by atoms with Gasteiger partial charge >= 0.3 is 0 Å². The first-order valence-corrected chi connectivity index (χ1v) is 7.95. The van der Waals surface area contributed by atoms with Crippen molar-refractivity contribution in [2.45, 2.75) is 58.5 Å². The summed E-state index contributed by atoms with van der Waals surface area (Å²) in [5.41, 5.74) is 1.16. The number of hydrogen-bond acceptors (Lipinski definition) is 4. The molecule has 20 heavy (non-hydrogen) atoms. The van der Waals surface area contributed by atoms with Gasteiger partial charge in [0.25, 0.3) is 0 Å². The highest BCUT2D eigenvalue weighted by molar-refractivity contribution is 5.30. The highest BCUT2D eigenvalue weighted by Crippen LogP contribution is 2.27. The number of hydrogen-bond donors (Lipinski definition) is 1. The maximum Gasteiger partial charge on any atom is 0.225 e. The van der Waals surface area contributed by atoms with Gasteiger partial charge in [-0.05, 0) is 44.6 Å². The number of anilines is 1. The summed E-state index contributed by atoms with van der Waals surface area (Å²) in [5, 5.41) is 3.37. The van der Waals surface area contributed by atoms with Crippen molar-refractivity contribution in [3.05, 3.63) is 18.0 Å². The van der Waals surface area contributed by atoms with E-state index in [2.05, 4.69) is 41.1 Å². The summed E-state index contributed by atoms with van der Waals surface area (Å²) in [6.45, 7) is 6.43. The molecule has 1 fully saturated rings. The largest absolute Gasteiger partial charge is 0.341 e. The Bertz CT molecular complexity index is 382. The summed E-state index contributed by atoms with van der Waals surface area (Å²) in [4.78, 5) is 11.3. The molecule has 0 unspecified atom stereocenters. The maximum absolute atomic E-state index is 4.53. The molecule has 2 rings (SSSR count). The molecule has 4 heteroatoms. The lowest BCUT2D eigenvalue weighted by Crippen LogP contribution is -2.35. The third-order valence-electron chi connectivity index (χ3n) is 4.30. The van der Waals surface area contributed by atoms with Crippen LogP contribution in [0.3, 0.4) is 0 Å². The van der Waals surface area contributed by atoms with Gasteiger partial charge in [0.1, 0.15) is 0 Å². The SMILES string of the molecule is CCCNCc1cnc(N(C)C2CCC(C)CC2)nc1. The van der Waals surface area contributed by atoms with Gasteiger partial charge in [-0.2, -0.15) is 0 Å². The molecule has 1 aromatic heterocycles. The van der Waals surface area contributed by atoms with Crippen LogP contribution in [-0.4, -0.2) is 29.6 Å². The van der Waals surface area contributed by atoms with Crippen LogP contribution in [0.1, 0.15) is 51.5 Å². The predicted molar refractivity (Wildman–Crippen MR) is 83.9 cm³/mol. The molecule has 0 amide bonds. The lowest BCUT2D eigenvalue weighted by Gasteiger charge is -2.33. The van der Waals surface area contributed by atoms with E-state index < -0.39 is 0 Å². The Morgan fingerprint density at radius 1 is 1.20 bits per heavy atom. The van der Waals surface area contributed by atoms with E-state index in [-0.39, 0.29) is 0 Å². The zero-order chi connectivity index (χ0) is 14.4. The van der Waals surface area contributed by atoms with Gasteiger partial charge in [-0.3, -0.25) is 0 Å². The van der Waals surface area contributed by atoms with Crippen LogP contribution < -0.4 is 10.2 Å². The average Bonchev–Trinajstić information content (AvgIpc) is 2.48. The quantitative estimate of drug-likeness (QED) is 0.811. The van der Waals surface area contributed by atoms with Crippen LogP contribution in [0.15, 0.2) is 12.4 Å². The molecular formula is C16H28N4. The van der Waals surface area contributed by atoms with Gasteiger partial charge in [0.05, 0.1) is 0 Å². The second kappa shape index (κ2) is 7.58. The van der Waals surface area contributed by atoms with E-state index in [4.69, 9.17) is 0 Å². The Hall–Kier alpha value is -1.16. The topological polar surface area (TPSA) is 41.1 Å². The van der Waals surface area contributed by atoms with Gasteiger partial charge in [0.2, 0.25) is 5.95 Å². The second-order valence-electron chi connectivity index (χ2n) is 6.09. The van der Waals surface area contributed by atoms with Crippen LogP contribution >= 0.6 is 0 Å². The van der Waals surface area contributed by atoms with Crippen LogP contribution in [0.4, 0.5) is 5.95 Å². The van der Waals surface area contributed by atoms with Gasteiger partial charge in [0, 0.05) is 37.6 Å². The van der Waals surface area contributed by atoms with Crippen LogP contribution in [0.5, 0.6) is 0 Å². The summed E-state index contributed by atoms with van der Waals surface area (Å²) in [6, 6.07) is 0.607. The van der Waals surface area contributed by atoms with Crippen molar-refractivity contribution in [3.8, 4) is 0 Å². The van der Waals surface area contributed by atoms with Crippen molar-refractivity contribution in [2.75, 3.05) is 18.5 Å². The minimum absolute atomic E-state index is 0.607. The van der Waals surface area contributed by atoms with Crippen molar-refractivity contribution >= 4 is 5.95 Å². The molecule has 112 valence electrons. The van der Waals surface area contributed by atoms with Crippen molar-refractivity contribution in [2.24, 2.45) is 5.92 Å². The molecule has 1 heterocycles. The Kier molecular flexibility index (Phi) is 5.77. The summed E-state index contributed by atoms with van der Waals surface area (Å²) < 4.78 is 0. The van der Waals surface area contributed by atoms with Gasteiger partial charge in [-0.25, -0.2) is 9.97 Å². The molecule has 1 aliphatic rings. The normalized spacial score (nSPS) is 22.8. The molecule has 1 saturated carbocycles. The zero-order valence-corrected chi connectivity index (χ0v) is 13.1. The van der Waals surface area contributed by atoms with Gasteiger partial charge in [-0.15, -0.1) is 0 Å². The number of nitrogens with zero attached hydrogens (tertiary/aromatic N) is 3. The van der Waals surface area contributed by atoms with Crippen molar-refractivity contribution in [3.63, 3.8) is 0 Å². The molecule has 0 aliphatic heterocycles. The monoisotopic (exact) mass is 276 g/mol. The number of aromatic nitrogens is 2. The lowest BCUT2D eigenvalue weighted by molar-refractivity contribution is 0.339. The maximum atomic E-state index is 4.53. The molecule has 1 aromatic rings. The van der Waals surface area contributed by atoms with Gasteiger partial charge in [-0.1, -0.05) is 13.8 Å². The summed E-state index contributed by atoms with van der Waals surface area (Å²) in [5.74, 6) is 1.75. The van der Waals surface area contributed by atoms with E-state index in [0.29, 0.717) is 6.04 Å². The van der Waals surface area contributed by atoms with E-state index in [1.165, 1.54) is 25.7 Å². The fourth-order valence-electron chi connectivity index (χ4n) is 2.82. The minimum atomic E-state index is 0.607. The Morgan fingerprint density at radius 2 is 1.85 bits per heavy atom. The fourth-order valence-corrected chi connectivity index (χ4v) is 2.82. The third-order valence-corrected chi connectivity index (χ3v) is 4.30. The summed E-state index contributed by atoms with van der Waals surface area (Å²) >= 11 is 0. The minimum Gasteiger partial charge on any atom is -0.341 e. The van der Waals surface area contributed by atoms with Gasteiger partial charge in [0.15, 0.2) is 0 Å². The molecule has 0 saturated heterocycles. The molecule has 1 N–H and O–H groups in total. The van der Waals surface area contributed by atoms with Crippen molar-refractivity contribution in [1.82, 2.24) is 15.3 Å². The lowest BCUT2D eigenvalue weighted by atomic mass is 9.87. The summed E-state index contributed by atoms with van der Waals surface area (Å²) in [7, 11) is 2.13. The standard InChI is InChI=1S/C16H28N4/c1-4-9-17-10-14-11-18-16(19-12-14)20(3)15-7-5-13(2)6-8-15/h11-13,15,17H,4-10H2,1-3H3. The Balaban J connectivity index is 1.88. The Labute approximate surface area is 123 Å². The molecule has 0 bridgehead atoms.